The van der Waals surface area contributed by atoms with Crippen molar-refractivity contribution in [3.63, 3.8) is 0 Å². The van der Waals surface area contributed by atoms with Gasteiger partial charge in [0.1, 0.15) is 11.5 Å². The van der Waals surface area contributed by atoms with Crippen LogP contribution in [0.15, 0.2) is 70.0 Å². The van der Waals surface area contributed by atoms with Gasteiger partial charge in [-0.3, -0.25) is 0 Å². The van der Waals surface area contributed by atoms with Gasteiger partial charge in [-0.25, -0.2) is 8.42 Å². The van der Waals surface area contributed by atoms with Gasteiger partial charge >= 0.3 is 0 Å². The summed E-state index contributed by atoms with van der Waals surface area (Å²) in [6.45, 7) is 1.90. The molecule has 4 nitrogen and oxygen atoms in total. The van der Waals surface area contributed by atoms with E-state index in [0.29, 0.717) is 16.5 Å². The maximum Gasteiger partial charge on any atom is 0.244 e. The van der Waals surface area contributed by atoms with E-state index >= 15 is 0 Å². The minimum absolute atomic E-state index is 0.0484. The fourth-order valence-corrected chi connectivity index (χ4v) is 4.04. The Hall–Kier alpha value is -2.52. The van der Waals surface area contributed by atoms with Crippen LogP contribution in [0.2, 0.25) is 5.02 Å². The second-order valence-electron chi connectivity index (χ2n) is 6.06. The van der Waals surface area contributed by atoms with E-state index in [4.69, 9.17) is 22.4 Å². The first-order chi connectivity index (χ1) is 12.9. The Morgan fingerprint density at radius 2 is 1.70 bits per heavy atom. The van der Waals surface area contributed by atoms with Gasteiger partial charge < -0.3 is 4.42 Å². The van der Waals surface area contributed by atoms with Crippen LogP contribution in [0.5, 0.6) is 0 Å². The van der Waals surface area contributed by atoms with E-state index in [1.807, 2.05) is 19.1 Å². The number of hydrogen-bond acceptors (Lipinski definition) is 3. The second-order valence-corrected chi connectivity index (χ2v) is 8.44. The predicted molar refractivity (Wildman–Crippen MR) is 107 cm³/mol. The summed E-state index contributed by atoms with van der Waals surface area (Å²) in [6.07, 6.45) is 5.39. The van der Waals surface area contributed by atoms with Crippen LogP contribution in [0.4, 0.5) is 0 Å². The van der Waals surface area contributed by atoms with Gasteiger partial charge in [-0.2, -0.15) is 4.31 Å². The lowest BCUT2D eigenvalue weighted by Gasteiger charge is -2.19. The van der Waals surface area contributed by atoms with Crippen molar-refractivity contribution in [2.45, 2.75) is 18.4 Å². The predicted octanol–water partition coefficient (Wildman–Crippen LogP) is 4.73. The molecule has 3 rings (SSSR count). The van der Waals surface area contributed by atoms with Crippen LogP contribution in [-0.2, 0) is 16.6 Å². The summed E-state index contributed by atoms with van der Waals surface area (Å²) in [5, 5.41) is 0.634. The summed E-state index contributed by atoms with van der Waals surface area (Å²) in [7, 11) is -3.73. The lowest BCUT2D eigenvalue weighted by molar-refractivity contribution is 0.393. The summed E-state index contributed by atoms with van der Waals surface area (Å²) in [5.41, 5.74) is 1.84. The van der Waals surface area contributed by atoms with Crippen molar-refractivity contribution < 1.29 is 12.8 Å². The summed E-state index contributed by atoms with van der Waals surface area (Å²) < 4.78 is 32.9. The summed E-state index contributed by atoms with van der Waals surface area (Å²) in [5.74, 6) is 3.55. The molecule has 0 N–H and O–H groups in total. The maximum absolute atomic E-state index is 12.9. The van der Waals surface area contributed by atoms with Crippen molar-refractivity contribution >= 4 is 21.6 Å². The number of sulfonamides is 1. The summed E-state index contributed by atoms with van der Waals surface area (Å²) >= 11 is 5.90. The topological polar surface area (TPSA) is 50.5 Å². The monoisotopic (exact) mass is 399 g/mol. The molecule has 0 saturated carbocycles. The van der Waals surface area contributed by atoms with Gasteiger partial charge in [0.2, 0.25) is 10.0 Å². The molecular weight excluding hydrogens is 382 g/mol. The molecule has 0 fully saturated rings. The Morgan fingerprint density at radius 1 is 1.04 bits per heavy atom. The van der Waals surface area contributed by atoms with Crippen LogP contribution in [0.25, 0.3) is 11.3 Å². The van der Waals surface area contributed by atoms with Gasteiger partial charge in [0.25, 0.3) is 0 Å². The van der Waals surface area contributed by atoms with E-state index in [0.717, 1.165) is 11.1 Å². The summed E-state index contributed by atoms with van der Waals surface area (Å²) in [6, 6.07) is 17.4. The Labute approximate surface area is 164 Å². The number of hydrogen-bond donors (Lipinski definition) is 0. The first-order valence-electron chi connectivity index (χ1n) is 8.25. The molecule has 138 valence electrons. The van der Waals surface area contributed by atoms with Crippen LogP contribution < -0.4 is 0 Å². The Balaban J connectivity index is 1.86. The number of furan rings is 1. The van der Waals surface area contributed by atoms with Crippen molar-refractivity contribution in [2.75, 3.05) is 6.54 Å². The van der Waals surface area contributed by atoms with Gasteiger partial charge in [0.05, 0.1) is 18.0 Å². The van der Waals surface area contributed by atoms with Crippen molar-refractivity contribution in [3.05, 3.63) is 77.0 Å². The molecule has 0 amide bonds. The average Bonchev–Trinajstić information content (AvgIpc) is 3.11. The molecule has 2 aromatic carbocycles. The lowest BCUT2D eigenvalue weighted by atomic mass is 10.2. The molecule has 0 bridgehead atoms. The minimum atomic E-state index is -3.73. The lowest BCUT2D eigenvalue weighted by Crippen LogP contribution is -2.30. The average molecular weight is 400 g/mol. The van der Waals surface area contributed by atoms with Crippen LogP contribution in [-0.4, -0.2) is 19.3 Å². The van der Waals surface area contributed by atoms with Crippen LogP contribution >= 0.6 is 11.6 Å². The van der Waals surface area contributed by atoms with E-state index in [2.05, 4.69) is 5.92 Å². The molecular formula is C21H18ClNO3S. The summed E-state index contributed by atoms with van der Waals surface area (Å²) in [4.78, 5) is 0.202. The number of aryl methyl sites for hydroxylation is 1. The molecule has 0 unspecified atom stereocenters. The number of benzene rings is 2. The Bertz CT molecular complexity index is 1060. The fraction of sp³-hybridized carbons (Fsp3) is 0.143. The molecule has 0 radical (unpaired) electrons. The van der Waals surface area contributed by atoms with Crippen molar-refractivity contribution in [1.82, 2.24) is 4.31 Å². The third kappa shape index (κ3) is 4.42. The molecule has 0 spiro atoms. The van der Waals surface area contributed by atoms with E-state index in [-0.39, 0.29) is 18.0 Å². The molecule has 6 heteroatoms. The SMILES string of the molecule is C#CCN(Cc1ccc(-c2ccc(Cl)cc2)o1)S(=O)(=O)c1ccc(C)cc1. The first-order valence-corrected chi connectivity index (χ1v) is 10.1. The van der Waals surface area contributed by atoms with Crippen molar-refractivity contribution in [1.29, 1.82) is 0 Å². The maximum atomic E-state index is 12.9. The van der Waals surface area contributed by atoms with Gasteiger partial charge in [0.15, 0.2) is 0 Å². The molecule has 0 aliphatic heterocycles. The highest BCUT2D eigenvalue weighted by Gasteiger charge is 2.25. The van der Waals surface area contributed by atoms with Crippen LogP contribution in [0.3, 0.4) is 0 Å². The van der Waals surface area contributed by atoms with E-state index in [1.165, 1.54) is 4.31 Å². The van der Waals surface area contributed by atoms with Gasteiger partial charge in [0, 0.05) is 10.6 Å². The standard InChI is InChI=1S/C21H18ClNO3S/c1-3-14-23(27(24,25)20-11-4-16(2)5-12-20)15-19-10-13-21(26-19)17-6-8-18(22)9-7-17/h1,4-13H,14-15H2,2H3. The smallest absolute Gasteiger partial charge is 0.244 e. The zero-order valence-electron chi connectivity index (χ0n) is 14.7. The first kappa shape index (κ1) is 19.2. The molecule has 0 atom stereocenters. The Morgan fingerprint density at radius 3 is 2.33 bits per heavy atom. The van der Waals surface area contributed by atoms with Gasteiger partial charge in [-0.15, -0.1) is 6.42 Å². The third-order valence-corrected chi connectivity index (χ3v) is 6.11. The molecule has 0 aliphatic carbocycles. The fourth-order valence-electron chi connectivity index (χ4n) is 2.59. The number of nitrogens with zero attached hydrogens (tertiary/aromatic N) is 1. The molecule has 0 aliphatic rings. The zero-order valence-corrected chi connectivity index (χ0v) is 16.3. The Kier molecular flexibility index (Phi) is 5.71. The molecule has 3 aromatic rings. The molecule has 0 saturated heterocycles. The van der Waals surface area contributed by atoms with Crippen LogP contribution in [0.1, 0.15) is 11.3 Å². The highest BCUT2D eigenvalue weighted by atomic mass is 35.5. The van der Waals surface area contributed by atoms with E-state index in [9.17, 15) is 8.42 Å². The van der Waals surface area contributed by atoms with E-state index in [1.54, 1.807) is 48.5 Å². The van der Waals surface area contributed by atoms with E-state index < -0.39 is 10.0 Å². The molecule has 1 heterocycles. The highest BCUT2D eigenvalue weighted by molar-refractivity contribution is 7.89. The van der Waals surface area contributed by atoms with Gasteiger partial charge in [-0.05, 0) is 55.5 Å². The number of halogens is 1. The van der Waals surface area contributed by atoms with Gasteiger partial charge in [-0.1, -0.05) is 35.2 Å². The quantitative estimate of drug-likeness (QED) is 0.563. The number of rotatable bonds is 6. The number of terminal acetylenes is 1. The molecule has 27 heavy (non-hydrogen) atoms. The van der Waals surface area contributed by atoms with Crippen molar-refractivity contribution in [3.8, 4) is 23.7 Å². The highest BCUT2D eigenvalue weighted by Crippen LogP contribution is 2.26. The third-order valence-electron chi connectivity index (χ3n) is 4.05. The van der Waals surface area contributed by atoms with Crippen LogP contribution in [0, 0.1) is 19.3 Å². The largest absolute Gasteiger partial charge is 0.460 e. The van der Waals surface area contributed by atoms with Crippen molar-refractivity contribution in [2.24, 2.45) is 0 Å². The second kappa shape index (κ2) is 8.01. The normalized spacial score (nSPS) is 11.5. The zero-order chi connectivity index (χ0) is 19.4. The molecule has 1 aromatic heterocycles. The minimum Gasteiger partial charge on any atom is -0.460 e.